The van der Waals surface area contributed by atoms with Gasteiger partial charge >= 0.3 is 5.69 Å². The van der Waals surface area contributed by atoms with Crippen LogP contribution in [0.5, 0.6) is 5.75 Å². The lowest BCUT2D eigenvalue weighted by molar-refractivity contribution is 0.104. The first-order valence-electron chi connectivity index (χ1n) is 9.08. The lowest BCUT2D eigenvalue weighted by atomic mass is 10.1. The number of carbonyl (C=O) groups excluding carboxylic acids is 1. The van der Waals surface area contributed by atoms with E-state index in [-0.39, 0.29) is 16.7 Å². The number of furan rings is 1. The monoisotopic (exact) mass is 420 g/mol. The summed E-state index contributed by atoms with van der Waals surface area (Å²) in [7, 11) is 1.60. The van der Waals surface area contributed by atoms with E-state index in [2.05, 4.69) is 4.98 Å². The predicted octanol–water partition coefficient (Wildman–Crippen LogP) is 4.98. The van der Waals surface area contributed by atoms with Gasteiger partial charge in [0.1, 0.15) is 11.4 Å². The van der Waals surface area contributed by atoms with Gasteiger partial charge in [-0.3, -0.25) is 9.36 Å². The van der Waals surface area contributed by atoms with Gasteiger partial charge in [0.05, 0.1) is 12.8 Å². The minimum atomic E-state index is -0.351. The van der Waals surface area contributed by atoms with Crippen molar-refractivity contribution >= 4 is 23.5 Å². The molecule has 2 heterocycles. The van der Waals surface area contributed by atoms with Crippen LogP contribution in [-0.4, -0.2) is 22.4 Å². The molecule has 0 fully saturated rings. The number of allylic oxidation sites excluding steroid dienone is 1. The second-order valence-electron chi connectivity index (χ2n) is 6.47. The van der Waals surface area contributed by atoms with Gasteiger partial charge in [-0.15, -0.1) is 0 Å². The molecule has 0 atom stereocenters. The summed E-state index contributed by atoms with van der Waals surface area (Å²) in [6, 6.07) is 17.5. The average Bonchev–Trinajstić information content (AvgIpc) is 3.38. The number of hydrogen-bond acceptors (Lipinski definition) is 4. The van der Waals surface area contributed by atoms with Gasteiger partial charge in [-0.1, -0.05) is 30.3 Å². The molecular formula is C23H17ClN2O4. The Balaban J connectivity index is 1.58. The van der Waals surface area contributed by atoms with E-state index in [0.717, 1.165) is 11.3 Å². The topological polar surface area (TPSA) is 77.2 Å². The number of benzene rings is 2. The molecule has 0 spiro atoms. The Morgan fingerprint density at radius 1 is 1.13 bits per heavy atom. The third-order valence-corrected chi connectivity index (χ3v) is 4.71. The number of halogens is 1. The van der Waals surface area contributed by atoms with E-state index in [0.29, 0.717) is 22.7 Å². The number of methoxy groups -OCH3 is 1. The zero-order valence-electron chi connectivity index (χ0n) is 16.0. The fourth-order valence-corrected chi connectivity index (χ4v) is 3.11. The summed E-state index contributed by atoms with van der Waals surface area (Å²) in [5.41, 5.74) is 2.04. The third kappa shape index (κ3) is 4.14. The smallest absolute Gasteiger partial charge is 0.330 e. The van der Waals surface area contributed by atoms with Crippen LogP contribution in [0.1, 0.15) is 15.9 Å². The highest BCUT2D eigenvalue weighted by Gasteiger charge is 2.11. The van der Waals surface area contributed by atoms with Crippen LogP contribution < -0.4 is 10.4 Å². The van der Waals surface area contributed by atoms with Crippen molar-refractivity contribution in [1.82, 2.24) is 9.55 Å². The molecule has 0 saturated carbocycles. The molecular weight excluding hydrogens is 404 g/mol. The first kappa shape index (κ1) is 19.5. The van der Waals surface area contributed by atoms with Crippen LogP contribution >= 0.6 is 11.6 Å². The van der Waals surface area contributed by atoms with E-state index < -0.39 is 0 Å². The Morgan fingerprint density at radius 2 is 1.93 bits per heavy atom. The fourth-order valence-electron chi connectivity index (χ4n) is 2.96. The molecule has 0 aliphatic heterocycles. The van der Waals surface area contributed by atoms with Crippen LogP contribution in [0.3, 0.4) is 0 Å². The summed E-state index contributed by atoms with van der Waals surface area (Å²) in [6.45, 7) is 0. The molecule has 6 nitrogen and oxygen atoms in total. The van der Waals surface area contributed by atoms with E-state index in [1.54, 1.807) is 55.8 Å². The Kier molecular flexibility index (Phi) is 5.41. The number of aromatic amines is 1. The Bertz CT molecular complexity index is 1280. The summed E-state index contributed by atoms with van der Waals surface area (Å²) >= 11 is 5.80. The lowest BCUT2D eigenvalue weighted by Gasteiger charge is -2.03. The number of carbonyl (C=O) groups is 1. The van der Waals surface area contributed by atoms with Gasteiger partial charge in [0.25, 0.3) is 0 Å². The highest BCUT2D eigenvalue weighted by atomic mass is 35.5. The predicted molar refractivity (Wildman–Crippen MR) is 115 cm³/mol. The number of hydrogen-bond donors (Lipinski definition) is 1. The number of ether oxygens (including phenoxy) is 1. The summed E-state index contributed by atoms with van der Waals surface area (Å²) in [4.78, 5) is 27.7. The highest BCUT2D eigenvalue weighted by molar-refractivity contribution is 6.28. The molecule has 30 heavy (non-hydrogen) atoms. The maximum absolute atomic E-state index is 12.6. The second-order valence-corrected chi connectivity index (χ2v) is 6.84. The van der Waals surface area contributed by atoms with Crippen molar-refractivity contribution < 1.29 is 13.9 Å². The molecule has 0 aliphatic rings. The molecule has 4 rings (SSSR count). The minimum Gasteiger partial charge on any atom is -0.497 e. The molecule has 0 amide bonds. The highest BCUT2D eigenvalue weighted by Crippen LogP contribution is 2.23. The quantitative estimate of drug-likeness (QED) is 0.352. The molecule has 2 aromatic heterocycles. The van der Waals surface area contributed by atoms with Gasteiger partial charge in [-0.05, 0) is 59.6 Å². The zero-order chi connectivity index (χ0) is 21.1. The summed E-state index contributed by atoms with van der Waals surface area (Å²) in [6.07, 6.45) is 4.83. The average molecular weight is 421 g/mol. The van der Waals surface area contributed by atoms with E-state index in [4.69, 9.17) is 20.8 Å². The Labute approximate surface area is 177 Å². The number of aromatic nitrogens is 2. The van der Waals surface area contributed by atoms with E-state index in [1.807, 2.05) is 24.3 Å². The van der Waals surface area contributed by atoms with Crippen LogP contribution in [0.2, 0.25) is 5.22 Å². The van der Waals surface area contributed by atoms with Crippen molar-refractivity contribution in [2.75, 3.05) is 7.11 Å². The Morgan fingerprint density at radius 3 is 2.63 bits per heavy atom. The normalized spacial score (nSPS) is 11.1. The van der Waals surface area contributed by atoms with Crippen molar-refractivity contribution in [2.24, 2.45) is 0 Å². The molecule has 0 radical (unpaired) electrons. The van der Waals surface area contributed by atoms with Crippen LogP contribution in [0.25, 0.3) is 23.2 Å². The van der Waals surface area contributed by atoms with Crippen molar-refractivity contribution in [2.45, 2.75) is 0 Å². The first-order valence-corrected chi connectivity index (χ1v) is 9.45. The maximum Gasteiger partial charge on any atom is 0.330 e. The number of nitrogens with one attached hydrogen (secondary N) is 1. The molecule has 0 bridgehead atoms. The van der Waals surface area contributed by atoms with Gasteiger partial charge in [-0.2, -0.15) is 0 Å². The SMILES string of the molecule is COc1ccc(/C=C/C(=O)c2cccc(-n3cc(-c4ccc(Cl)o4)[nH]c3=O)c2)cc1. The number of imidazole rings is 1. The number of rotatable bonds is 6. The van der Waals surface area contributed by atoms with Crippen molar-refractivity contribution in [1.29, 1.82) is 0 Å². The summed E-state index contributed by atoms with van der Waals surface area (Å²) in [5, 5.41) is 0.231. The van der Waals surface area contributed by atoms with Gasteiger partial charge in [0.2, 0.25) is 0 Å². The standard InChI is InChI=1S/C23H17ClN2O4/c1-29-18-8-5-15(6-9-18)7-10-20(27)16-3-2-4-17(13-16)26-14-19(25-23(26)28)21-11-12-22(24)30-21/h2-14H,1H3,(H,25,28)/b10-7+. The van der Waals surface area contributed by atoms with Gasteiger partial charge in [-0.25, -0.2) is 4.79 Å². The number of ketones is 1. The van der Waals surface area contributed by atoms with Crippen LogP contribution in [-0.2, 0) is 0 Å². The minimum absolute atomic E-state index is 0.172. The Hall–Kier alpha value is -3.77. The van der Waals surface area contributed by atoms with Crippen LogP contribution in [0.4, 0.5) is 0 Å². The molecule has 1 N–H and O–H groups in total. The van der Waals surface area contributed by atoms with Crippen molar-refractivity contribution in [3.8, 4) is 22.9 Å². The molecule has 150 valence electrons. The van der Waals surface area contributed by atoms with Crippen LogP contribution in [0.15, 0.2) is 82.1 Å². The largest absolute Gasteiger partial charge is 0.497 e. The third-order valence-electron chi connectivity index (χ3n) is 4.51. The van der Waals surface area contributed by atoms with E-state index >= 15 is 0 Å². The summed E-state index contributed by atoms with van der Waals surface area (Å²) < 4.78 is 11.9. The molecule has 2 aromatic carbocycles. The van der Waals surface area contributed by atoms with Crippen molar-refractivity contribution in [3.05, 3.63) is 99.8 Å². The number of nitrogens with zero attached hydrogens (tertiary/aromatic N) is 1. The molecule has 0 saturated heterocycles. The molecule has 4 aromatic rings. The van der Waals surface area contributed by atoms with E-state index in [9.17, 15) is 9.59 Å². The van der Waals surface area contributed by atoms with Gasteiger partial charge < -0.3 is 14.1 Å². The second kappa shape index (κ2) is 8.31. The first-order chi connectivity index (χ1) is 14.5. The molecule has 7 heteroatoms. The number of H-pyrrole nitrogens is 1. The molecule has 0 unspecified atom stereocenters. The van der Waals surface area contributed by atoms with Crippen LogP contribution in [0, 0.1) is 0 Å². The maximum atomic E-state index is 12.6. The summed E-state index contributed by atoms with van der Waals surface area (Å²) in [5.74, 6) is 1.03. The molecule has 0 aliphatic carbocycles. The van der Waals surface area contributed by atoms with E-state index in [1.165, 1.54) is 10.6 Å². The lowest BCUT2D eigenvalue weighted by Crippen LogP contribution is -2.14. The van der Waals surface area contributed by atoms with Gasteiger partial charge in [0, 0.05) is 11.8 Å². The van der Waals surface area contributed by atoms with Crippen molar-refractivity contribution in [3.63, 3.8) is 0 Å². The van der Waals surface area contributed by atoms with Gasteiger partial charge in [0.15, 0.2) is 16.8 Å². The zero-order valence-corrected chi connectivity index (χ0v) is 16.7. The fraction of sp³-hybridized carbons (Fsp3) is 0.0435.